The average Bonchev–Trinajstić information content (AvgIpc) is 3.23. The Hall–Kier alpha value is -1.97. The number of pyridine rings is 1. The maximum absolute atomic E-state index is 4.68. The minimum Gasteiger partial charge on any atom is -0.354 e. The maximum atomic E-state index is 4.68. The maximum Gasteiger partial charge on any atom is 0.134 e. The number of anilines is 1. The second-order valence-electron chi connectivity index (χ2n) is 5.18. The molecule has 2 aromatic rings. The highest BCUT2D eigenvalue weighted by Gasteiger charge is 2.27. The molecule has 0 atom stereocenters. The van der Waals surface area contributed by atoms with E-state index >= 15 is 0 Å². The van der Waals surface area contributed by atoms with E-state index in [9.17, 15) is 0 Å². The zero-order valence-corrected chi connectivity index (χ0v) is 11.4. The third kappa shape index (κ3) is 2.89. The lowest BCUT2D eigenvalue weighted by atomic mass is 10.3. The highest BCUT2D eigenvalue weighted by molar-refractivity contribution is 5.40. The van der Waals surface area contributed by atoms with Gasteiger partial charge in [0, 0.05) is 30.9 Å². The molecule has 4 nitrogen and oxygen atoms in total. The summed E-state index contributed by atoms with van der Waals surface area (Å²) in [4.78, 5) is 15.7. The Kier molecular flexibility index (Phi) is 3.15. The van der Waals surface area contributed by atoms with Crippen molar-refractivity contribution in [2.45, 2.75) is 32.2 Å². The molecule has 0 unspecified atom stereocenters. The summed E-state index contributed by atoms with van der Waals surface area (Å²) in [5.41, 5.74) is 2.09. The Bertz CT molecular complexity index is 564. The van der Waals surface area contributed by atoms with Crippen LogP contribution < -0.4 is 4.90 Å². The Morgan fingerprint density at radius 1 is 1.26 bits per heavy atom. The van der Waals surface area contributed by atoms with E-state index in [-0.39, 0.29) is 0 Å². The van der Waals surface area contributed by atoms with Crippen molar-refractivity contribution in [1.82, 2.24) is 15.0 Å². The summed E-state index contributed by atoms with van der Waals surface area (Å²) in [5.74, 6) is 2.57. The van der Waals surface area contributed by atoms with E-state index in [1.165, 1.54) is 12.8 Å². The van der Waals surface area contributed by atoms with Gasteiger partial charge in [-0.3, -0.25) is 4.98 Å². The lowest BCUT2D eigenvalue weighted by Gasteiger charge is -2.18. The van der Waals surface area contributed by atoms with Crippen LogP contribution in [-0.4, -0.2) is 22.0 Å². The van der Waals surface area contributed by atoms with E-state index in [2.05, 4.69) is 19.9 Å². The first-order chi connectivity index (χ1) is 9.22. The predicted molar refractivity (Wildman–Crippen MR) is 75.1 cm³/mol. The number of aromatic nitrogens is 3. The summed E-state index contributed by atoms with van der Waals surface area (Å²) in [6.45, 7) is 2.80. The van der Waals surface area contributed by atoms with Gasteiger partial charge in [0.2, 0.25) is 0 Å². The Morgan fingerprint density at radius 2 is 2.11 bits per heavy atom. The summed E-state index contributed by atoms with van der Waals surface area (Å²) in [7, 11) is 2.05. The molecule has 98 valence electrons. The summed E-state index contributed by atoms with van der Waals surface area (Å²) >= 11 is 0. The van der Waals surface area contributed by atoms with Gasteiger partial charge in [-0.25, -0.2) is 9.97 Å². The van der Waals surface area contributed by atoms with E-state index in [1.807, 2.05) is 44.4 Å². The Morgan fingerprint density at radius 3 is 2.79 bits per heavy atom. The van der Waals surface area contributed by atoms with Crippen LogP contribution in [-0.2, 0) is 6.54 Å². The predicted octanol–water partition coefficient (Wildman–Crippen LogP) is 2.69. The van der Waals surface area contributed by atoms with Crippen molar-refractivity contribution >= 4 is 5.82 Å². The fraction of sp³-hybridized carbons (Fsp3) is 0.400. The molecule has 0 amide bonds. The molecule has 1 aliphatic carbocycles. The van der Waals surface area contributed by atoms with Crippen LogP contribution in [0.4, 0.5) is 5.82 Å². The SMILES string of the molecule is Cc1cc(N(C)Cc2ccccn2)nc(C2CC2)n1. The van der Waals surface area contributed by atoms with E-state index in [0.29, 0.717) is 5.92 Å². The average molecular weight is 254 g/mol. The van der Waals surface area contributed by atoms with Gasteiger partial charge in [0.25, 0.3) is 0 Å². The normalized spacial score (nSPS) is 14.4. The van der Waals surface area contributed by atoms with Gasteiger partial charge in [-0.05, 0) is 31.9 Å². The molecular weight excluding hydrogens is 236 g/mol. The molecule has 0 spiro atoms. The fourth-order valence-electron chi connectivity index (χ4n) is 2.11. The van der Waals surface area contributed by atoms with Crippen LogP contribution in [0.15, 0.2) is 30.5 Å². The molecule has 1 saturated carbocycles. The van der Waals surface area contributed by atoms with Crippen LogP contribution in [0.25, 0.3) is 0 Å². The number of hydrogen-bond donors (Lipinski definition) is 0. The van der Waals surface area contributed by atoms with Crippen molar-refractivity contribution in [2.24, 2.45) is 0 Å². The second kappa shape index (κ2) is 4.96. The molecule has 0 saturated heterocycles. The van der Waals surface area contributed by atoms with Crippen LogP contribution in [0, 0.1) is 6.92 Å². The third-order valence-electron chi connectivity index (χ3n) is 3.32. The second-order valence-corrected chi connectivity index (χ2v) is 5.18. The van der Waals surface area contributed by atoms with Crippen molar-refractivity contribution in [3.05, 3.63) is 47.7 Å². The van der Waals surface area contributed by atoms with Gasteiger partial charge in [-0.15, -0.1) is 0 Å². The lowest BCUT2D eigenvalue weighted by Crippen LogP contribution is -2.19. The summed E-state index contributed by atoms with van der Waals surface area (Å²) < 4.78 is 0. The quantitative estimate of drug-likeness (QED) is 0.841. The van der Waals surface area contributed by atoms with Gasteiger partial charge in [-0.2, -0.15) is 0 Å². The van der Waals surface area contributed by atoms with Gasteiger partial charge >= 0.3 is 0 Å². The minimum atomic E-state index is 0.585. The van der Waals surface area contributed by atoms with E-state index < -0.39 is 0 Å². The molecular formula is C15H18N4. The van der Waals surface area contributed by atoms with Gasteiger partial charge < -0.3 is 4.90 Å². The summed E-state index contributed by atoms with van der Waals surface area (Å²) in [6.07, 6.45) is 4.28. The van der Waals surface area contributed by atoms with Crippen molar-refractivity contribution in [3.8, 4) is 0 Å². The van der Waals surface area contributed by atoms with Crippen LogP contribution in [0.5, 0.6) is 0 Å². The van der Waals surface area contributed by atoms with Crippen LogP contribution in [0.3, 0.4) is 0 Å². The molecule has 1 fully saturated rings. The smallest absolute Gasteiger partial charge is 0.134 e. The first-order valence-electron chi connectivity index (χ1n) is 6.69. The highest BCUT2D eigenvalue weighted by Crippen LogP contribution is 2.38. The minimum absolute atomic E-state index is 0.585. The van der Waals surface area contributed by atoms with Crippen molar-refractivity contribution in [3.63, 3.8) is 0 Å². The van der Waals surface area contributed by atoms with Crippen molar-refractivity contribution in [2.75, 3.05) is 11.9 Å². The lowest BCUT2D eigenvalue weighted by molar-refractivity contribution is 0.828. The first-order valence-corrected chi connectivity index (χ1v) is 6.69. The van der Waals surface area contributed by atoms with Gasteiger partial charge in [0.1, 0.15) is 11.6 Å². The van der Waals surface area contributed by atoms with E-state index in [4.69, 9.17) is 0 Å². The Balaban J connectivity index is 1.81. The molecule has 0 bridgehead atoms. The Labute approximate surface area is 113 Å². The molecule has 0 N–H and O–H groups in total. The molecule has 1 aliphatic rings. The monoisotopic (exact) mass is 254 g/mol. The van der Waals surface area contributed by atoms with Crippen LogP contribution in [0.1, 0.15) is 36.0 Å². The van der Waals surface area contributed by atoms with E-state index in [1.54, 1.807) is 0 Å². The molecule has 19 heavy (non-hydrogen) atoms. The molecule has 4 heteroatoms. The standard InChI is InChI=1S/C15H18N4/c1-11-9-14(18-15(17-11)12-6-7-12)19(2)10-13-5-3-4-8-16-13/h3-5,8-9,12H,6-7,10H2,1-2H3. The fourth-order valence-corrected chi connectivity index (χ4v) is 2.11. The van der Waals surface area contributed by atoms with Gasteiger partial charge in [-0.1, -0.05) is 6.07 Å². The number of nitrogens with zero attached hydrogens (tertiary/aromatic N) is 4. The highest BCUT2D eigenvalue weighted by atomic mass is 15.2. The molecule has 2 aromatic heterocycles. The first kappa shape index (κ1) is 12.1. The molecule has 3 rings (SSSR count). The van der Waals surface area contributed by atoms with Crippen LogP contribution >= 0.6 is 0 Å². The summed E-state index contributed by atoms with van der Waals surface area (Å²) in [5, 5.41) is 0. The van der Waals surface area contributed by atoms with Gasteiger partial charge in [0.15, 0.2) is 0 Å². The topological polar surface area (TPSA) is 41.9 Å². The largest absolute Gasteiger partial charge is 0.354 e. The third-order valence-corrected chi connectivity index (χ3v) is 3.32. The van der Waals surface area contributed by atoms with E-state index in [0.717, 1.165) is 29.6 Å². The zero-order chi connectivity index (χ0) is 13.2. The molecule has 0 aromatic carbocycles. The molecule has 2 heterocycles. The molecule has 0 aliphatic heterocycles. The van der Waals surface area contributed by atoms with Gasteiger partial charge in [0.05, 0.1) is 12.2 Å². The number of rotatable bonds is 4. The zero-order valence-electron chi connectivity index (χ0n) is 11.4. The number of aryl methyl sites for hydroxylation is 1. The van der Waals surface area contributed by atoms with Crippen molar-refractivity contribution in [1.29, 1.82) is 0 Å². The van der Waals surface area contributed by atoms with Crippen molar-refractivity contribution < 1.29 is 0 Å². The summed E-state index contributed by atoms with van der Waals surface area (Å²) in [6, 6.07) is 8.02. The van der Waals surface area contributed by atoms with Crippen LogP contribution in [0.2, 0.25) is 0 Å². The number of hydrogen-bond acceptors (Lipinski definition) is 4. The molecule has 0 radical (unpaired) electrons.